The van der Waals surface area contributed by atoms with E-state index >= 15 is 0 Å². The molecule has 0 spiro atoms. The Morgan fingerprint density at radius 3 is 2.50 bits per heavy atom. The van der Waals surface area contributed by atoms with Crippen molar-refractivity contribution >= 4 is 21.5 Å². The highest BCUT2D eigenvalue weighted by molar-refractivity contribution is 9.09. The Hall–Kier alpha value is -0.970. The Kier molecular flexibility index (Phi) is 3.21. The minimum atomic E-state index is -4.33. The van der Waals surface area contributed by atoms with Gasteiger partial charge in [-0.25, -0.2) is 0 Å². The first-order chi connectivity index (χ1) is 8.23. The van der Waals surface area contributed by atoms with E-state index in [0.29, 0.717) is 16.6 Å². The number of hydrogen-bond donors (Lipinski definition) is 0. The van der Waals surface area contributed by atoms with Gasteiger partial charge in [0.2, 0.25) is 0 Å². The van der Waals surface area contributed by atoms with E-state index in [1.165, 1.54) is 6.07 Å². The van der Waals surface area contributed by atoms with Crippen LogP contribution in [0.1, 0.15) is 25.0 Å². The lowest BCUT2D eigenvalue weighted by molar-refractivity contribution is -0.137. The lowest BCUT2D eigenvalue weighted by Gasteiger charge is -2.31. The van der Waals surface area contributed by atoms with Crippen molar-refractivity contribution in [2.75, 3.05) is 5.33 Å². The quantitative estimate of drug-likeness (QED) is 0.684. The maximum Gasteiger partial charge on any atom is 0.416 e. The molecule has 0 saturated carbocycles. The van der Waals surface area contributed by atoms with Crippen molar-refractivity contribution in [3.8, 4) is 5.75 Å². The van der Waals surface area contributed by atoms with Crippen molar-refractivity contribution in [1.82, 2.24) is 0 Å². The van der Waals surface area contributed by atoms with Gasteiger partial charge in [-0.3, -0.25) is 0 Å². The summed E-state index contributed by atoms with van der Waals surface area (Å²) < 4.78 is 43.7. The molecule has 0 unspecified atom stereocenters. The first-order valence-electron chi connectivity index (χ1n) is 5.41. The van der Waals surface area contributed by atoms with Crippen LogP contribution in [0.3, 0.4) is 0 Å². The molecular formula is C13H12BrF3O. The average Bonchev–Trinajstić information content (AvgIpc) is 2.24. The van der Waals surface area contributed by atoms with E-state index in [4.69, 9.17) is 4.74 Å². The molecule has 0 fully saturated rings. The van der Waals surface area contributed by atoms with Gasteiger partial charge < -0.3 is 4.74 Å². The van der Waals surface area contributed by atoms with Crippen LogP contribution in [0.25, 0.3) is 5.57 Å². The number of halogens is 4. The molecule has 1 aliphatic heterocycles. The van der Waals surface area contributed by atoms with Crippen molar-refractivity contribution in [3.63, 3.8) is 0 Å². The highest BCUT2D eigenvalue weighted by atomic mass is 79.9. The van der Waals surface area contributed by atoms with Crippen LogP contribution in [0.15, 0.2) is 24.3 Å². The molecule has 1 heterocycles. The first-order valence-corrected chi connectivity index (χ1v) is 6.53. The van der Waals surface area contributed by atoms with Crippen molar-refractivity contribution < 1.29 is 17.9 Å². The Morgan fingerprint density at radius 2 is 1.94 bits per heavy atom. The summed E-state index contributed by atoms with van der Waals surface area (Å²) in [6.07, 6.45) is -2.50. The maximum absolute atomic E-state index is 12.7. The van der Waals surface area contributed by atoms with Crippen LogP contribution in [0.2, 0.25) is 0 Å². The van der Waals surface area contributed by atoms with E-state index in [9.17, 15) is 13.2 Å². The fourth-order valence-electron chi connectivity index (χ4n) is 1.97. The topological polar surface area (TPSA) is 9.23 Å². The zero-order chi connectivity index (χ0) is 13.6. The minimum absolute atomic E-state index is 0.491. The number of fused-ring (bicyclic) bond motifs is 1. The lowest BCUT2D eigenvalue weighted by atomic mass is 9.94. The molecule has 1 aromatic carbocycles. The summed E-state index contributed by atoms with van der Waals surface area (Å²) in [5.74, 6) is 0.491. The van der Waals surface area contributed by atoms with E-state index in [2.05, 4.69) is 15.9 Å². The van der Waals surface area contributed by atoms with Crippen LogP contribution < -0.4 is 4.74 Å². The average molecular weight is 321 g/mol. The number of rotatable bonds is 1. The van der Waals surface area contributed by atoms with Gasteiger partial charge in [-0.15, -0.1) is 0 Å². The molecule has 98 valence electrons. The minimum Gasteiger partial charge on any atom is -0.483 e. The van der Waals surface area contributed by atoms with Crippen LogP contribution in [-0.4, -0.2) is 10.9 Å². The molecule has 2 rings (SSSR count). The third kappa shape index (κ3) is 2.55. The Morgan fingerprint density at radius 1 is 1.28 bits per heavy atom. The summed E-state index contributed by atoms with van der Waals surface area (Å²) in [7, 11) is 0. The summed E-state index contributed by atoms with van der Waals surface area (Å²) >= 11 is 3.30. The molecule has 0 bridgehead atoms. The molecule has 0 aliphatic carbocycles. The molecule has 1 aromatic rings. The zero-order valence-corrected chi connectivity index (χ0v) is 11.5. The Balaban J connectivity index is 2.54. The van der Waals surface area contributed by atoms with Crippen LogP contribution in [-0.2, 0) is 6.18 Å². The number of alkyl halides is 4. The SMILES string of the molecule is CC1(C)C=C(CBr)c2cc(C(F)(F)F)ccc2O1. The van der Waals surface area contributed by atoms with E-state index < -0.39 is 17.3 Å². The molecule has 5 heteroatoms. The number of ether oxygens (including phenoxy) is 1. The second-order valence-corrected chi connectivity index (χ2v) is 5.28. The van der Waals surface area contributed by atoms with Gasteiger partial charge in [0, 0.05) is 10.9 Å². The Bertz CT molecular complexity index is 503. The third-order valence-electron chi connectivity index (χ3n) is 2.69. The van der Waals surface area contributed by atoms with E-state index in [-0.39, 0.29) is 0 Å². The maximum atomic E-state index is 12.7. The molecule has 18 heavy (non-hydrogen) atoms. The summed E-state index contributed by atoms with van der Waals surface area (Å²) in [5, 5.41) is 0.494. The second kappa shape index (κ2) is 4.30. The highest BCUT2D eigenvalue weighted by Gasteiger charge is 2.33. The van der Waals surface area contributed by atoms with E-state index in [1.54, 1.807) is 0 Å². The summed E-state index contributed by atoms with van der Waals surface area (Å²) in [5.41, 5.74) is 0.153. The molecule has 0 N–H and O–H groups in total. The fraction of sp³-hybridized carbons (Fsp3) is 0.385. The smallest absolute Gasteiger partial charge is 0.416 e. The molecular weight excluding hydrogens is 309 g/mol. The summed E-state index contributed by atoms with van der Waals surface area (Å²) in [6, 6.07) is 3.57. The fourth-order valence-corrected chi connectivity index (χ4v) is 2.43. The molecule has 1 nitrogen and oxygen atoms in total. The van der Waals surface area contributed by atoms with Crippen LogP contribution in [0.4, 0.5) is 13.2 Å². The van der Waals surface area contributed by atoms with Crippen molar-refractivity contribution in [2.45, 2.75) is 25.6 Å². The summed E-state index contributed by atoms with van der Waals surface area (Å²) in [6.45, 7) is 3.74. The number of hydrogen-bond acceptors (Lipinski definition) is 1. The van der Waals surface area contributed by atoms with Gasteiger partial charge in [0.25, 0.3) is 0 Å². The second-order valence-electron chi connectivity index (χ2n) is 4.72. The number of allylic oxidation sites excluding steroid dienone is 1. The van der Waals surface area contributed by atoms with Gasteiger partial charge >= 0.3 is 6.18 Å². The van der Waals surface area contributed by atoms with Gasteiger partial charge in [0.15, 0.2) is 0 Å². The van der Waals surface area contributed by atoms with Gasteiger partial charge in [-0.05, 0) is 43.7 Å². The molecule has 1 aliphatic rings. The molecule has 0 amide bonds. The lowest BCUT2D eigenvalue weighted by Crippen LogP contribution is -2.29. The van der Waals surface area contributed by atoms with Crippen molar-refractivity contribution in [2.24, 2.45) is 0 Å². The van der Waals surface area contributed by atoms with Crippen molar-refractivity contribution in [1.29, 1.82) is 0 Å². The molecule has 0 aromatic heterocycles. The zero-order valence-electron chi connectivity index (χ0n) is 9.94. The van der Waals surface area contributed by atoms with E-state index in [1.807, 2.05) is 19.9 Å². The van der Waals surface area contributed by atoms with Crippen molar-refractivity contribution in [3.05, 3.63) is 35.4 Å². The monoisotopic (exact) mass is 320 g/mol. The third-order valence-corrected chi connectivity index (χ3v) is 3.30. The van der Waals surface area contributed by atoms with Crippen LogP contribution >= 0.6 is 15.9 Å². The van der Waals surface area contributed by atoms with Gasteiger partial charge in [-0.2, -0.15) is 13.2 Å². The summed E-state index contributed by atoms with van der Waals surface area (Å²) in [4.78, 5) is 0. The predicted octanol–water partition coefficient (Wildman–Crippen LogP) is 4.65. The van der Waals surface area contributed by atoms with Crippen LogP contribution in [0, 0.1) is 0 Å². The molecule has 0 saturated heterocycles. The standard InChI is InChI=1S/C13H12BrF3O/c1-12(2)6-8(7-14)10-5-9(13(15,16)17)3-4-11(10)18-12/h3-6H,7H2,1-2H3. The molecule has 0 atom stereocenters. The van der Waals surface area contributed by atoms with Gasteiger partial charge in [-0.1, -0.05) is 15.9 Å². The van der Waals surface area contributed by atoms with Crippen LogP contribution in [0.5, 0.6) is 5.75 Å². The van der Waals surface area contributed by atoms with E-state index in [0.717, 1.165) is 17.7 Å². The van der Waals surface area contributed by atoms with Gasteiger partial charge in [0.1, 0.15) is 11.4 Å². The van der Waals surface area contributed by atoms with Gasteiger partial charge in [0.05, 0.1) is 5.56 Å². The molecule has 0 radical (unpaired) electrons. The Labute approximate surface area is 112 Å². The highest BCUT2D eigenvalue weighted by Crippen LogP contribution is 2.40. The number of benzene rings is 1. The predicted molar refractivity (Wildman–Crippen MR) is 67.9 cm³/mol. The normalized spacial score (nSPS) is 17.8. The largest absolute Gasteiger partial charge is 0.483 e. The first kappa shape index (κ1) is 13.5.